The van der Waals surface area contributed by atoms with Gasteiger partial charge in [-0.15, -0.1) is 5.10 Å². The molecule has 1 aromatic heterocycles. The lowest BCUT2D eigenvalue weighted by atomic mass is 9.91. The molecule has 3 aromatic rings. The van der Waals surface area contributed by atoms with E-state index in [1.807, 2.05) is 24.3 Å². The van der Waals surface area contributed by atoms with E-state index in [2.05, 4.69) is 39.8 Å². The number of aryl methyl sites for hydroxylation is 1. The monoisotopic (exact) mass is 338 g/mol. The number of fused-ring (bicyclic) bond motifs is 1. The van der Waals surface area contributed by atoms with Crippen LogP contribution in [-0.2, 0) is 6.42 Å². The number of thioether (sulfide) groups is 1. The second-order valence-electron chi connectivity index (χ2n) is 5.74. The molecule has 4 rings (SSSR count). The van der Waals surface area contributed by atoms with Gasteiger partial charge in [-0.2, -0.15) is 4.68 Å². The molecule has 1 atom stereocenters. The van der Waals surface area contributed by atoms with E-state index in [-0.39, 0.29) is 0 Å². The first-order valence-corrected chi connectivity index (χ1v) is 8.91. The Labute approximate surface area is 145 Å². The third-order valence-corrected chi connectivity index (χ3v) is 5.56. The van der Waals surface area contributed by atoms with Gasteiger partial charge in [-0.05, 0) is 52.9 Å². The number of aromatic nitrogens is 4. The third-order valence-electron chi connectivity index (χ3n) is 4.32. The van der Waals surface area contributed by atoms with Crippen LogP contribution in [0.4, 0.5) is 0 Å². The quantitative estimate of drug-likeness (QED) is 0.723. The Bertz CT molecular complexity index is 848. The number of methoxy groups -OCH3 is 1. The fourth-order valence-corrected chi connectivity index (χ4v) is 4.38. The summed E-state index contributed by atoms with van der Waals surface area (Å²) in [7, 11) is 1.66. The number of hydrogen-bond acceptors (Lipinski definition) is 5. The van der Waals surface area contributed by atoms with E-state index < -0.39 is 0 Å². The van der Waals surface area contributed by atoms with Crippen molar-refractivity contribution in [1.29, 1.82) is 0 Å². The van der Waals surface area contributed by atoms with Crippen LogP contribution in [0, 0.1) is 0 Å². The highest BCUT2D eigenvalue weighted by molar-refractivity contribution is 7.99. The number of benzene rings is 2. The van der Waals surface area contributed by atoms with Crippen molar-refractivity contribution < 1.29 is 4.74 Å². The molecule has 0 spiro atoms. The maximum absolute atomic E-state index is 5.44. The topological polar surface area (TPSA) is 52.8 Å². The van der Waals surface area contributed by atoms with E-state index in [4.69, 9.17) is 4.74 Å². The van der Waals surface area contributed by atoms with Crippen LogP contribution in [0.2, 0.25) is 0 Å². The molecule has 0 amide bonds. The predicted molar refractivity (Wildman–Crippen MR) is 93.7 cm³/mol. The molecule has 1 heterocycles. The van der Waals surface area contributed by atoms with E-state index in [9.17, 15) is 0 Å². The van der Waals surface area contributed by atoms with Gasteiger partial charge in [0.1, 0.15) is 11.4 Å². The van der Waals surface area contributed by atoms with Crippen LogP contribution in [0.1, 0.15) is 29.2 Å². The van der Waals surface area contributed by atoms with Crippen LogP contribution in [-0.4, -0.2) is 27.3 Å². The summed E-state index contributed by atoms with van der Waals surface area (Å²) in [5, 5.41) is 13.5. The number of rotatable bonds is 4. The fourth-order valence-electron chi connectivity index (χ4n) is 3.17. The Balaban J connectivity index is 1.67. The Morgan fingerprint density at radius 3 is 2.88 bits per heavy atom. The van der Waals surface area contributed by atoms with Gasteiger partial charge in [-0.25, -0.2) is 0 Å². The minimum atomic E-state index is 0.384. The molecule has 0 N–H and O–H groups in total. The van der Waals surface area contributed by atoms with Crippen molar-refractivity contribution in [2.24, 2.45) is 0 Å². The lowest BCUT2D eigenvalue weighted by Crippen LogP contribution is -2.08. The van der Waals surface area contributed by atoms with Crippen molar-refractivity contribution in [2.45, 2.75) is 29.7 Å². The predicted octanol–water partition coefficient (Wildman–Crippen LogP) is 3.84. The Morgan fingerprint density at radius 2 is 1.96 bits per heavy atom. The summed E-state index contributed by atoms with van der Waals surface area (Å²) in [5.74, 6) is 0.760. The molecule has 24 heavy (non-hydrogen) atoms. The van der Waals surface area contributed by atoms with Gasteiger partial charge in [0.2, 0.25) is 5.16 Å². The smallest absolute Gasteiger partial charge is 0.214 e. The standard InChI is InChI=1S/C18H18N4OS/c1-23-16-11-5-4-10-15(16)22-18(19-20-21-22)24-17-12-6-8-13-7-2-3-9-14(13)17/h2-5,7,9-11,17H,6,8,12H2,1H3. The van der Waals surface area contributed by atoms with Gasteiger partial charge in [-0.1, -0.05) is 48.2 Å². The van der Waals surface area contributed by atoms with Crippen LogP contribution >= 0.6 is 11.8 Å². The third kappa shape index (κ3) is 2.78. The van der Waals surface area contributed by atoms with Gasteiger partial charge in [0, 0.05) is 5.25 Å². The molecule has 0 saturated carbocycles. The molecular weight excluding hydrogens is 320 g/mol. The summed E-state index contributed by atoms with van der Waals surface area (Å²) >= 11 is 1.73. The summed E-state index contributed by atoms with van der Waals surface area (Å²) in [6.45, 7) is 0. The average molecular weight is 338 g/mol. The summed E-state index contributed by atoms with van der Waals surface area (Å²) in [5.41, 5.74) is 3.71. The van der Waals surface area contributed by atoms with E-state index in [1.165, 1.54) is 17.5 Å². The normalized spacial score (nSPS) is 16.6. The highest BCUT2D eigenvalue weighted by Gasteiger charge is 2.24. The number of hydrogen-bond donors (Lipinski definition) is 0. The molecule has 5 nitrogen and oxygen atoms in total. The van der Waals surface area contributed by atoms with Crippen molar-refractivity contribution in [3.05, 3.63) is 59.7 Å². The van der Waals surface area contributed by atoms with Crippen molar-refractivity contribution >= 4 is 11.8 Å². The van der Waals surface area contributed by atoms with Crippen molar-refractivity contribution in [3.63, 3.8) is 0 Å². The second-order valence-corrected chi connectivity index (χ2v) is 6.91. The second kappa shape index (κ2) is 6.65. The Morgan fingerprint density at radius 1 is 1.12 bits per heavy atom. The van der Waals surface area contributed by atoms with Crippen molar-refractivity contribution in [1.82, 2.24) is 20.2 Å². The molecular formula is C18H18N4OS. The highest BCUT2D eigenvalue weighted by atomic mass is 32.2. The molecule has 0 fully saturated rings. The van der Waals surface area contributed by atoms with Gasteiger partial charge in [-0.3, -0.25) is 0 Å². The molecule has 1 unspecified atom stereocenters. The maximum Gasteiger partial charge on any atom is 0.214 e. The molecule has 0 bridgehead atoms. The number of ether oxygens (including phenoxy) is 1. The number of nitrogens with zero attached hydrogens (tertiary/aromatic N) is 4. The Kier molecular flexibility index (Phi) is 4.21. The van der Waals surface area contributed by atoms with E-state index in [1.54, 1.807) is 23.6 Å². The van der Waals surface area contributed by atoms with Gasteiger partial charge in [0.05, 0.1) is 7.11 Å². The van der Waals surface area contributed by atoms with Crippen LogP contribution < -0.4 is 4.74 Å². The summed E-state index contributed by atoms with van der Waals surface area (Å²) in [4.78, 5) is 0. The van der Waals surface area contributed by atoms with Crippen LogP contribution in [0.3, 0.4) is 0 Å². The highest BCUT2D eigenvalue weighted by Crippen LogP contribution is 2.43. The zero-order valence-corrected chi connectivity index (χ0v) is 14.2. The molecule has 0 aliphatic heterocycles. The first-order chi connectivity index (χ1) is 11.9. The zero-order valence-electron chi connectivity index (χ0n) is 13.4. The van der Waals surface area contributed by atoms with E-state index >= 15 is 0 Å². The summed E-state index contributed by atoms with van der Waals surface area (Å²) in [6, 6.07) is 16.5. The summed E-state index contributed by atoms with van der Waals surface area (Å²) in [6.07, 6.45) is 3.50. The van der Waals surface area contributed by atoms with Crippen molar-refractivity contribution in [2.75, 3.05) is 7.11 Å². The van der Waals surface area contributed by atoms with Gasteiger partial charge in [0.15, 0.2) is 0 Å². The van der Waals surface area contributed by atoms with Crippen LogP contribution in [0.15, 0.2) is 53.7 Å². The molecule has 122 valence electrons. The lowest BCUT2D eigenvalue weighted by Gasteiger charge is -2.24. The zero-order chi connectivity index (χ0) is 16.4. The first kappa shape index (κ1) is 15.2. The molecule has 0 saturated heterocycles. The SMILES string of the molecule is COc1ccccc1-n1nnnc1SC1CCCc2ccccc21. The summed E-state index contributed by atoms with van der Waals surface area (Å²) < 4.78 is 7.21. The molecule has 1 aliphatic carbocycles. The minimum absolute atomic E-state index is 0.384. The lowest BCUT2D eigenvalue weighted by molar-refractivity contribution is 0.410. The largest absolute Gasteiger partial charge is 0.494 e. The maximum atomic E-state index is 5.44. The van der Waals surface area contributed by atoms with E-state index in [0.29, 0.717) is 5.25 Å². The van der Waals surface area contributed by atoms with Crippen LogP contribution in [0.5, 0.6) is 5.75 Å². The van der Waals surface area contributed by atoms with Crippen molar-refractivity contribution in [3.8, 4) is 11.4 Å². The van der Waals surface area contributed by atoms with E-state index in [0.717, 1.165) is 29.4 Å². The first-order valence-electron chi connectivity index (χ1n) is 8.03. The minimum Gasteiger partial charge on any atom is -0.494 e. The van der Waals surface area contributed by atoms with Gasteiger partial charge in [0.25, 0.3) is 0 Å². The average Bonchev–Trinajstić information content (AvgIpc) is 3.10. The molecule has 0 radical (unpaired) electrons. The number of tetrazole rings is 1. The fraction of sp³-hybridized carbons (Fsp3) is 0.278. The molecule has 2 aromatic carbocycles. The molecule has 1 aliphatic rings. The van der Waals surface area contributed by atoms with Gasteiger partial charge < -0.3 is 4.74 Å². The Hall–Kier alpha value is -2.34. The van der Waals surface area contributed by atoms with Crippen LogP contribution in [0.25, 0.3) is 5.69 Å². The number of para-hydroxylation sites is 2. The van der Waals surface area contributed by atoms with Gasteiger partial charge >= 0.3 is 0 Å². The molecule has 6 heteroatoms.